The fraction of sp³-hybridized carbons (Fsp3) is 0.706. The molecule has 128 valence electrons. The minimum absolute atomic E-state index is 0.0937. The van der Waals surface area contributed by atoms with Crippen molar-refractivity contribution in [1.29, 1.82) is 0 Å². The molecule has 2 aliphatic rings. The van der Waals surface area contributed by atoms with Crippen molar-refractivity contribution in [3.8, 4) is 0 Å². The minimum atomic E-state index is 0.0937. The molecule has 0 aliphatic carbocycles. The number of nitrogens with zero attached hydrogens (tertiary/aromatic N) is 2. The Balaban J connectivity index is 1.60. The third kappa shape index (κ3) is 4.32. The fourth-order valence-corrected chi connectivity index (χ4v) is 4.33. The monoisotopic (exact) mass is 338 g/mol. The first kappa shape index (κ1) is 16.9. The van der Waals surface area contributed by atoms with Crippen molar-refractivity contribution in [2.75, 3.05) is 53.1 Å². The summed E-state index contributed by atoms with van der Waals surface area (Å²) >= 11 is 1.81. The van der Waals surface area contributed by atoms with Gasteiger partial charge in [0.15, 0.2) is 0 Å². The quantitative estimate of drug-likeness (QED) is 0.821. The highest BCUT2D eigenvalue weighted by Gasteiger charge is 2.41. The molecule has 23 heavy (non-hydrogen) atoms. The fourth-order valence-electron chi connectivity index (χ4n) is 3.59. The van der Waals surface area contributed by atoms with E-state index >= 15 is 0 Å². The first-order valence-corrected chi connectivity index (χ1v) is 9.18. The van der Waals surface area contributed by atoms with Gasteiger partial charge in [0.1, 0.15) is 0 Å². The van der Waals surface area contributed by atoms with E-state index < -0.39 is 0 Å². The second-order valence-electron chi connectivity index (χ2n) is 6.65. The molecule has 3 rings (SSSR count). The summed E-state index contributed by atoms with van der Waals surface area (Å²) in [4.78, 5) is 18.3. The van der Waals surface area contributed by atoms with Crippen molar-refractivity contribution in [2.24, 2.45) is 5.41 Å². The number of methoxy groups -OCH3 is 1. The van der Waals surface area contributed by atoms with Gasteiger partial charge in [0.25, 0.3) is 0 Å². The van der Waals surface area contributed by atoms with Crippen molar-refractivity contribution in [3.05, 3.63) is 22.4 Å². The van der Waals surface area contributed by atoms with Crippen molar-refractivity contribution < 1.29 is 14.3 Å². The van der Waals surface area contributed by atoms with Gasteiger partial charge in [-0.3, -0.25) is 9.69 Å². The van der Waals surface area contributed by atoms with Gasteiger partial charge in [0.05, 0.1) is 26.2 Å². The molecular weight excluding hydrogens is 312 g/mol. The maximum Gasteiger partial charge on any atom is 0.224 e. The molecule has 1 atom stereocenters. The molecule has 1 aromatic heterocycles. The zero-order chi connectivity index (χ0) is 16.1. The number of thiophene rings is 1. The lowest BCUT2D eigenvalue weighted by atomic mass is 9.87. The molecule has 0 aromatic carbocycles. The van der Waals surface area contributed by atoms with Crippen LogP contribution in [0.4, 0.5) is 0 Å². The predicted molar refractivity (Wildman–Crippen MR) is 90.5 cm³/mol. The Morgan fingerprint density at radius 3 is 3.13 bits per heavy atom. The molecule has 0 bridgehead atoms. The number of likely N-dealkylation sites (tertiary alicyclic amines) is 1. The normalized spacial score (nSPS) is 25.9. The lowest BCUT2D eigenvalue weighted by molar-refractivity contribution is -0.133. The molecule has 0 radical (unpaired) electrons. The van der Waals surface area contributed by atoms with Crippen LogP contribution in [0.2, 0.25) is 0 Å². The molecule has 2 aliphatic heterocycles. The third-order valence-electron chi connectivity index (χ3n) is 4.79. The van der Waals surface area contributed by atoms with Crippen LogP contribution < -0.4 is 0 Å². The van der Waals surface area contributed by atoms with Gasteiger partial charge in [-0.1, -0.05) is 6.07 Å². The molecule has 2 saturated heterocycles. The summed E-state index contributed by atoms with van der Waals surface area (Å²) in [5.74, 6) is 0.188. The SMILES string of the molecule is COCCC(=O)N1CCOC[C@]2(CCN(Cc3cccs3)C2)C1. The maximum atomic E-state index is 12.4. The van der Waals surface area contributed by atoms with Crippen LogP contribution in [0, 0.1) is 5.41 Å². The van der Waals surface area contributed by atoms with Crippen molar-refractivity contribution >= 4 is 17.2 Å². The Bertz CT molecular complexity index is 508. The predicted octanol–water partition coefficient (Wildman–Crippen LogP) is 1.84. The van der Waals surface area contributed by atoms with Crippen LogP contribution in [0.15, 0.2) is 17.5 Å². The van der Waals surface area contributed by atoms with E-state index in [9.17, 15) is 4.79 Å². The van der Waals surface area contributed by atoms with E-state index in [1.807, 2.05) is 16.2 Å². The maximum absolute atomic E-state index is 12.4. The molecule has 0 saturated carbocycles. The molecule has 0 unspecified atom stereocenters. The molecule has 5 nitrogen and oxygen atoms in total. The first-order chi connectivity index (χ1) is 11.2. The summed E-state index contributed by atoms with van der Waals surface area (Å²) in [6, 6.07) is 4.30. The van der Waals surface area contributed by atoms with Gasteiger partial charge < -0.3 is 14.4 Å². The van der Waals surface area contributed by atoms with Gasteiger partial charge >= 0.3 is 0 Å². The number of ether oxygens (including phenoxy) is 2. The second kappa shape index (κ2) is 7.75. The summed E-state index contributed by atoms with van der Waals surface area (Å²) in [6.45, 7) is 6.53. The molecular formula is C17H26N2O3S. The number of hydrogen-bond donors (Lipinski definition) is 0. The lowest BCUT2D eigenvalue weighted by Gasteiger charge is -2.32. The zero-order valence-corrected chi connectivity index (χ0v) is 14.6. The number of carbonyl (C=O) groups is 1. The largest absolute Gasteiger partial charge is 0.384 e. The molecule has 1 amide bonds. The number of carbonyl (C=O) groups excluding carboxylic acids is 1. The van der Waals surface area contributed by atoms with Crippen LogP contribution in [-0.2, 0) is 20.8 Å². The van der Waals surface area contributed by atoms with Crippen LogP contribution >= 0.6 is 11.3 Å². The van der Waals surface area contributed by atoms with E-state index in [-0.39, 0.29) is 11.3 Å². The molecule has 3 heterocycles. The van der Waals surface area contributed by atoms with Gasteiger partial charge in [-0.05, 0) is 24.4 Å². The number of rotatable bonds is 5. The summed E-state index contributed by atoms with van der Waals surface area (Å²) in [5, 5.41) is 2.13. The Labute approximate surface area is 142 Å². The van der Waals surface area contributed by atoms with Gasteiger partial charge in [-0.15, -0.1) is 11.3 Å². The molecule has 1 aromatic rings. The standard InChI is InChI=1S/C17H26N2O3S/c1-21-8-4-16(20)19-7-9-22-14-17(13-19)5-6-18(12-17)11-15-3-2-10-23-15/h2-3,10H,4-9,11-14H2,1H3/t17-/m0/s1. The number of hydrogen-bond acceptors (Lipinski definition) is 5. The van der Waals surface area contributed by atoms with E-state index in [0.717, 1.165) is 39.2 Å². The highest BCUT2D eigenvalue weighted by molar-refractivity contribution is 7.09. The Morgan fingerprint density at radius 1 is 1.43 bits per heavy atom. The Morgan fingerprint density at radius 2 is 2.35 bits per heavy atom. The average molecular weight is 338 g/mol. The van der Waals surface area contributed by atoms with Gasteiger partial charge in [-0.2, -0.15) is 0 Å². The highest BCUT2D eigenvalue weighted by atomic mass is 32.1. The van der Waals surface area contributed by atoms with Crippen LogP contribution in [0.25, 0.3) is 0 Å². The Hall–Kier alpha value is -0.950. The van der Waals surface area contributed by atoms with Crippen LogP contribution in [0.1, 0.15) is 17.7 Å². The second-order valence-corrected chi connectivity index (χ2v) is 7.68. The van der Waals surface area contributed by atoms with E-state index in [1.165, 1.54) is 4.88 Å². The van der Waals surface area contributed by atoms with Crippen LogP contribution in [0.5, 0.6) is 0 Å². The van der Waals surface area contributed by atoms with Crippen LogP contribution in [0.3, 0.4) is 0 Å². The summed E-state index contributed by atoms with van der Waals surface area (Å²) in [7, 11) is 1.64. The average Bonchev–Trinajstić information content (AvgIpc) is 3.13. The van der Waals surface area contributed by atoms with E-state index in [1.54, 1.807) is 7.11 Å². The van der Waals surface area contributed by atoms with E-state index in [4.69, 9.17) is 9.47 Å². The smallest absolute Gasteiger partial charge is 0.224 e. The van der Waals surface area contributed by atoms with Gasteiger partial charge in [-0.25, -0.2) is 0 Å². The molecule has 0 N–H and O–H groups in total. The third-order valence-corrected chi connectivity index (χ3v) is 5.65. The molecule has 1 spiro atoms. The van der Waals surface area contributed by atoms with E-state index in [2.05, 4.69) is 22.4 Å². The highest BCUT2D eigenvalue weighted by Crippen LogP contribution is 2.34. The summed E-state index contributed by atoms with van der Waals surface area (Å²) in [6.07, 6.45) is 1.57. The van der Waals surface area contributed by atoms with Crippen LogP contribution in [-0.4, -0.2) is 68.8 Å². The van der Waals surface area contributed by atoms with Gasteiger partial charge in [0, 0.05) is 43.6 Å². The molecule has 2 fully saturated rings. The van der Waals surface area contributed by atoms with Gasteiger partial charge in [0.2, 0.25) is 5.91 Å². The molecule has 6 heteroatoms. The first-order valence-electron chi connectivity index (χ1n) is 8.30. The minimum Gasteiger partial charge on any atom is -0.384 e. The van der Waals surface area contributed by atoms with Crippen molar-refractivity contribution in [1.82, 2.24) is 9.80 Å². The zero-order valence-electron chi connectivity index (χ0n) is 13.8. The number of amides is 1. The lowest BCUT2D eigenvalue weighted by Crippen LogP contribution is -2.43. The van der Waals surface area contributed by atoms with E-state index in [0.29, 0.717) is 26.2 Å². The summed E-state index contributed by atoms with van der Waals surface area (Å²) in [5.41, 5.74) is 0.0937. The van der Waals surface area contributed by atoms with Crippen molar-refractivity contribution in [2.45, 2.75) is 19.4 Å². The van der Waals surface area contributed by atoms with Crippen molar-refractivity contribution in [3.63, 3.8) is 0 Å². The summed E-state index contributed by atoms with van der Waals surface area (Å²) < 4.78 is 10.9. The topological polar surface area (TPSA) is 42.0 Å². The Kier molecular flexibility index (Phi) is 5.69.